The Morgan fingerprint density at radius 3 is 2.59 bits per heavy atom. The van der Waals surface area contributed by atoms with Gasteiger partial charge in [-0.2, -0.15) is 0 Å². The Bertz CT molecular complexity index is 261. The number of rotatable bonds is 2. The van der Waals surface area contributed by atoms with Gasteiger partial charge in [-0.25, -0.2) is 0 Å². The van der Waals surface area contributed by atoms with Crippen molar-refractivity contribution in [2.24, 2.45) is 11.3 Å². The van der Waals surface area contributed by atoms with E-state index in [0.717, 1.165) is 13.1 Å². The van der Waals surface area contributed by atoms with Gasteiger partial charge in [-0.3, -0.25) is 4.79 Å². The van der Waals surface area contributed by atoms with Gasteiger partial charge in [0.05, 0.1) is 0 Å². The topological polar surface area (TPSA) is 41.1 Å². The van der Waals surface area contributed by atoms with Crippen molar-refractivity contribution in [1.29, 1.82) is 0 Å². The molecule has 2 fully saturated rings. The zero-order valence-electron chi connectivity index (χ0n) is 11.2. The van der Waals surface area contributed by atoms with Crippen LogP contribution in [0, 0.1) is 11.3 Å². The van der Waals surface area contributed by atoms with Crippen LogP contribution in [0.4, 0.5) is 0 Å². The van der Waals surface area contributed by atoms with E-state index in [0.29, 0.717) is 11.5 Å². The second-order valence-corrected chi connectivity index (χ2v) is 6.07. The van der Waals surface area contributed by atoms with Crippen LogP contribution in [-0.4, -0.2) is 25.0 Å². The van der Waals surface area contributed by atoms with Crippen molar-refractivity contribution in [2.75, 3.05) is 13.1 Å². The van der Waals surface area contributed by atoms with Crippen LogP contribution < -0.4 is 10.6 Å². The van der Waals surface area contributed by atoms with Crippen LogP contribution in [0.15, 0.2) is 0 Å². The summed E-state index contributed by atoms with van der Waals surface area (Å²) in [6.45, 7) is 6.20. The average Bonchev–Trinajstić information content (AvgIpc) is 2.33. The van der Waals surface area contributed by atoms with E-state index < -0.39 is 0 Å². The van der Waals surface area contributed by atoms with E-state index in [4.69, 9.17) is 0 Å². The van der Waals surface area contributed by atoms with Gasteiger partial charge < -0.3 is 10.6 Å². The van der Waals surface area contributed by atoms with E-state index >= 15 is 0 Å². The first-order chi connectivity index (χ1) is 8.14. The van der Waals surface area contributed by atoms with Crippen molar-refractivity contribution in [2.45, 2.75) is 58.4 Å². The van der Waals surface area contributed by atoms with Crippen molar-refractivity contribution in [3.05, 3.63) is 0 Å². The van der Waals surface area contributed by atoms with Gasteiger partial charge in [-0.05, 0) is 44.2 Å². The molecular weight excluding hydrogens is 212 g/mol. The van der Waals surface area contributed by atoms with E-state index in [9.17, 15) is 4.79 Å². The summed E-state index contributed by atoms with van der Waals surface area (Å²) in [6, 6.07) is 0.424. The van der Waals surface area contributed by atoms with E-state index in [1.165, 1.54) is 38.5 Å². The minimum absolute atomic E-state index is 0.107. The molecule has 2 aliphatic rings. The molecule has 2 N–H and O–H groups in total. The smallest absolute Gasteiger partial charge is 0.222 e. The van der Waals surface area contributed by atoms with Crippen LogP contribution in [0.2, 0.25) is 0 Å². The number of piperidine rings is 1. The lowest BCUT2D eigenvalue weighted by Crippen LogP contribution is -2.54. The van der Waals surface area contributed by atoms with Crippen LogP contribution in [0.3, 0.4) is 0 Å². The lowest BCUT2D eigenvalue weighted by atomic mass is 9.65. The molecular formula is C14H26N2O. The van der Waals surface area contributed by atoms with E-state index in [1.807, 2.05) is 13.8 Å². The summed E-state index contributed by atoms with van der Waals surface area (Å²) in [5.41, 5.74) is 0.397. The summed E-state index contributed by atoms with van der Waals surface area (Å²) in [5, 5.41) is 6.75. The number of carbonyl (C=O) groups is 1. The maximum atomic E-state index is 11.9. The number of hydrogen-bond acceptors (Lipinski definition) is 2. The monoisotopic (exact) mass is 238 g/mol. The number of amides is 1. The molecule has 98 valence electrons. The van der Waals surface area contributed by atoms with Gasteiger partial charge in [0.1, 0.15) is 0 Å². The molecule has 3 heteroatoms. The van der Waals surface area contributed by atoms with Crippen molar-refractivity contribution >= 4 is 5.91 Å². The largest absolute Gasteiger partial charge is 0.353 e. The van der Waals surface area contributed by atoms with Crippen LogP contribution in [0.1, 0.15) is 52.4 Å². The van der Waals surface area contributed by atoms with Crippen LogP contribution in [-0.2, 0) is 4.79 Å². The predicted octanol–water partition coefficient (Wildman–Crippen LogP) is 2.07. The standard InChI is InChI=1S/C14H26N2O/c1-11(2)13(17)16-12-5-3-4-6-14(12)7-9-15-10-8-14/h11-12,15H,3-10H2,1-2H3,(H,16,17). The van der Waals surface area contributed by atoms with Gasteiger partial charge in [0, 0.05) is 12.0 Å². The van der Waals surface area contributed by atoms with Gasteiger partial charge in [0.2, 0.25) is 5.91 Å². The van der Waals surface area contributed by atoms with Crippen molar-refractivity contribution in [3.8, 4) is 0 Å². The fourth-order valence-corrected chi connectivity index (χ4v) is 3.39. The molecule has 1 saturated heterocycles. The molecule has 1 atom stereocenters. The summed E-state index contributed by atoms with van der Waals surface area (Å²) >= 11 is 0. The van der Waals surface area contributed by atoms with Crippen molar-refractivity contribution in [1.82, 2.24) is 10.6 Å². The first-order valence-corrected chi connectivity index (χ1v) is 7.15. The third-order valence-electron chi connectivity index (χ3n) is 4.60. The average molecular weight is 238 g/mol. The molecule has 2 rings (SSSR count). The zero-order valence-corrected chi connectivity index (χ0v) is 11.2. The molecule has 0 bridgehead atoms. The third kappa shape index (κ3) is 2.82. The predicted molar refractivity (Wildman–Crippen MR) is 69.8 cm³/mol. The summed E-state index contributed by atoms with van der Waals surface area (Å²) < 4.78 is 0. The summed E-state index contributed by atoms with van der Waals surface area (Å²) in [4.78, 5) is 11.9. The normalized spacial score (nSPS) is 28.3. The lowest BCUT2D eigenvalue weighted by Gasteiger charge is -2.47. The zero-order chi connectivity index (χ0) is 12.3. The Morgan fingerprint density at radius 2 is 1.94 bits per heavy atom. The molecule has 1 unspecified atom stereocenters. The Hall–Kier alpha value is -0.570. The highest BCUT2D eigenvalue weighted by Crippen LogP contribution is 2.43. The van der Waals surface area contributed by atoms with E-state index in [-0.39, 0.29) is 11.8 Å². The van der Waals surface area contributed by atoms with Crippen molar-refractivity contribution < 1.29 is 4.79 Å². The number of carbonyl (C=O) groups excluding carboxylic acids is 1. The van der Waals surface area contributed by atoms with Gasteiger partial charge >= 0.3 is 0 Å². The van der Waals surface area contributed by atoms with Gasteiger partial charge in [0.25, 0.3) is 0 Å². The molecule has 1 heterocycles. The highest BCUT2D eigenvalue weighted by molar-refractivity contribution is 5.78. The van der Waals surface area contributed by atoms with Gasteiger partial charge in [-0.15, -0.1) is 0 Å². The first-order valence-electron chi connectivity index (χ1n) is 7.15. The maximum absolute atomic E-state index is 11.9. The van der Waals surface area contributed by atoms with E-state index in [1.54, 1.807) is 0 Å². The molecule has 0 aromatic carbocycles. The Balaban J connectivity index is 2.03. The van der Waals surface area contributed by atoms with Crippen LogP contribution >= 0.6 is 0 Å². The minimum Gasteiger partial charge on any atom is -0.353 e. The highest BCUT2D eigenvalue weighted by Gasteiger charge is 2.42. The molecule has 0 aromatic rings. The second kappa shape index (κ2) is 5.38. The third-order valence-corrected chi connectivity index (χ3v) is 4.60. The quantitative estimate of drug-likeness (QED) is 0.773. The van der Waals surface area contributed by atoms with E-state index in [2.05, 4.69) is 10.6 Å². The first kappa shape index (κ1) is 12.9. The summed E-state index contributed by atoms with van der Waals surface area (Å²) in [7, 11) is 0. The molecule has 3 nitrogen and oxygen atoms in total. The Labute approximate surface area is 105 Å². The fourth-order valence-electron chi connectivity index (χ4n) is 3.39. The minimum atomic E-state index is 0.107. The molecule has 17 heavy (non-hydrogen) atoms. The Morgan fingerprint density at radius 1 is 1.24 bits per heavy atom. The second-order valence-electron chi connectivity index (χ2n) is 6.07. The summed E-state index contributed by atoms with van der Waals surface area (Å²) in [6.07, 6.45) is 7.56. The van der Waals surface area contributed by atoms with Gasteiger partial charge in [0.15, 0.2) is 0 Å². The maximum Gasteiger partial charge on any atom is 0.222 e. The van der Waals surface area contributed by atoms with Crippen LogP contribution in [0.5, 0.6) is 0 Å². The molecule has 1 aliphatic heterocycles. The molecule has 1 saturated carbocycles. The number of nitrogens with one attached hydrogen (secondary N) is 2. The van der Waals surface area contributed by atoms with Crippen molar-refractivity contribution in [3.63, 3.8) is 0 Å². The Kier molecular flexibility index (Phi) is 4.08. The molecule has 1 amide bonds. The highest BCUT2D eigenvalue weighted by atomic mass is 16.1. The lowest BCUT2D eigenvalue weighted by molar-refractivity contribution is -0.126. The van der Waals surface area contributed by atoms with Crippen LogP contribution in [0.25, 0.3) is 0 Å². The number of hydrogen-bond donors (Lipinski definition) is 2. The molecule has 0 radical (unpaired) electrons. The molecule has 1 spiro atoms. The van der Waals surface area contributed by atoms with Gasteiger partial charge in [-0.1, -0.05) is 26.7 Å². The SMILES string of the molecule is CC(C)C(=O)NC1CCCCC12CCNCC2. The fraction of sp³-hybridized carbons (Fsp3) is 0.929. The summed E-state index contributed by atoms with van der Waals surface area (Å²) in [5.74, 6) is 0.338. The molecule has 0 aromatic heterocycles. The molecule has 1 aliphatic carbocycles.